The van der Waals surface area contributed by atoms with E-state index in [9.17, 15) is 19.4 Å². The van der Waals surface area contributed by atoms with E-state index in [0.717, 1.165) is 70.6 Å². The highest BCUT2D eigenvalue weighted by molar-refractivity contribution is 7.47. The minimum atomic E-state index is -4.37. The van der Waals surface area contributed by atoms with Gasteiger partial charge in [0.15, 0.2) is 0 Å². The second-order valence-corrected chi connectivity index (χ2v) is 28.8. The minimum Gasteiger partial charge on any atom is -0.387 e. The van der Waals surface area contributed by atoms with E-state index in [0.29, 0.717) is 17.4 Å². The Morgan fingerprint density at radius 2 is 0.685 bits per heavy atom. The highest BCUT2D eigenvalue weighted by Gasteiger charge is 2.28. The molecule has 0 aliphatic carbocycles. The largest absolute Gasteiger partial charge is 0.472 e. The van der Waals surface area contributed by atoms with Gasteiger partial charge < -0.3 is 19.8 Å². The maximum absolute atomic E-state index is 13.1. The Bertz CT molecular complexity index is 1730. The number of phosphoric ester groups is 1. The fourth-order valence-corrected chi connectivity index (χ4v) is 12.2. The number of hydrogen-bond donors (Lipinski definition) is 3. The molecular weight excluding hydrogens is 1120 g/mol. The van der Waals surface area contributed by atoms with Crippen molar-refractivity contribution in [3.05, 3.63) is 85.1 Å². The van der Waals surface area contributed by atoms with Crippen LogP contribution in [0.3, 0.4) is 0 Å². The zero-order valence-electron chi connectivity index (χ0n) is 59.7. The Balaban J connectivity index is 3.96. The first-order valence-electron chi connectivity index (χ1n) is 38.5. The number of likely N-dealkylation sites (N-methyl/N-ethyl adjacent to an activating group) is 1. The number of aliphatic hydroxyl groups excluding tert-OH is 1. The molecule has 0 aromatic heterocycles. The van der Waals surface area contributed by atoms with Gasteiger partial charge in [-0.2, -0.15) is 0 Å². The van der Waals surface area contributed by atoms with Gasteiger partial charge in [0, 0.05) is 6.42 Å². The van der Waals surface area contributed by atoms with Crippen molar-refractivity contribution in [2.45, 2.75) is 379 Å². The Kier molecular flexibility index (Phi) is 68.2. The lowest BCUT2D eigenvalue weighted by molar-refractivity contribution is -0.870. The van der Waals surface area contributed by atoms with Crippen molar-refractivity contribution < 1.29 is 32.9 Å². The van der Waals surface area contributed by atoms with Crippen molar-refractivity contribution >= 4 is 13.7 Å². The zero-order valence-corrected chi connectivity index (χ0v) is 60.6. The molecule has 0 saturated heterocycles. The molecule has 0 bridgehead atoms. The molecule has 3 N–H and O–H groups in total. The van der Waals surface area contributed by atoms with Crippen LogP contribution in [0.15, 0.2) is 85.1 Å². The van der Waals surface area contributed by atoms with Crippen LogP contribution in [0.1, 0.15) is 367 Å². The molecule has 0 rings (SSSR count). The number of unbranched alkanes of at least 4 members (excludes halogenated alkanes) is 46. The second kappa shape index (κ2) is 70.0. The van der Waals surface area contributed by atoms with Crippen molar-refractivity contribution in [2.75, 3.05) is 40.9 Å². The van der Waals surface area contributed by atoms with Gasteiger partial charge in [-0.1, -0.05) is 369 Å². The molecule has 9 heteroatoms. The van der Waals surface area contributed by atoms with Gasteiger partial charge in [-0.3, -0.25) is 13.8 Å². The van der Waals surface area contributed by atoms with Crippen molar-refractivity contribution in [2.24, 2.45) is 0 Å². The van der Waals surface area contributed by atoms with E-state index in [4.69, 9.17) is 9.05 Å². The predicted molar refractivity (Wildman–Crippen MR) is 392 cm³/mol. The van der Waals surface area contributed by atoms with E-state index in [1.54, 1.807) is 6.08 Å². The maximum Gasteiger partial charge on any atom is 0.472 e. The van der Waals surface area contributed by atoms with Crippen LogP contribution in [0.4, 0.5) is 0 Å². The number of allylic oxidation sites excluding steroid dienone is 13. The number of hydrogen-bond acceptors (Lipinski definition) is 5. The predicted octanol–water partition coefficient (Wildman–Crippen LogP) is 25.1. The molecule has 0 radical (unpaired) electrons. The molecule has 520 valence electrons. The fourth-order valence-electron chi connectivity index (χ4n) is 11.4. The first-order chi connectivity index (χ1) is 43.5. The molecule has 0 fully saturated rings. The zero-order chi connectivity index (χ0) is 64.8. The molecule has 0 spiro atoms. The van der Waals surface area contributed by atoms with Crippen LogP contribution in [-0.4, -0.2) is 73.4 Å². The van der Waals surface area contributed by atoms with Gasteiger partial charge in [-0.05, 0) is 77.0 Å². The molecule has 0 aromatic rings. The number of nitrogens with one attached hydrogen (secondary N) is 1. The van der Waals surface area contributed by atoms with Crippen LogP contribution in [0.5, 0.6) is 0 Å². The smallest absolute Gasteiger partial charge is 0.387 e. The quantitative estimate of drug-likeness (QED) is 0.0243. The van der Waals surface area contributed by atoms with Crippen LogP contribution >= 0.6 is 7.82 Å². The molecule has 8 nitrogen and oxygen atoms in total. The highest BCUT2D eigenvalue weighted by Crippen LogP contribution is 2.43. The van der Waals surface area contributed by atoms with Gasteiger partial charge in [0.1, 0.15) is 13.2 Å². The Morgan fingerprint density at radius 3 is 1.03 bits per heavy atom. The first-order valence-corrected chi connectivity index (χ1v) is 40.0. The van der Waals surface area contributed by atoms with E-state index in [1.807, 2.05) is 27.2 Å². The monoisotopic (exact) mass is 1270 g/mol. The number of aliphatic hydroxyl groups is 1. The standard InChI is InChI=1S/C80H149N2O6P/c1-6-8-10-12-14-16-18-20-22-24-26-28-30-32-34-35-36-37-38-39-40-41-42-43-44-45-46-47-48-50-52-54-56-58-60-62-64-66-68-70-72-74-80(84)81-78(77-88-89(85,86)87-76-75-82(3,4)5)79(83)73-71-69-67-65-63-61-59-57-55-53-51-49-33-31-29-27-25-23-21-19-17-15-13-11-9-7-2/h8,10,14,16,20,22,26,28,32,34,63,65,71,73,78-79,83H,6-7,9,11-13,15,17-19,21,23-25,27,29-31,33,35-62,64,66-70,72,74-77H2,1-5H3,(H-,81,84,85,86)/p+1/b10-8-,16-14-,22-20-,28-26-,34-32-,65-63+,73-71+. The first kappa shape index (κ1) is 86.7. The summed E-state index contributed by atoms with van der Waals surface area (Å²) in [6.07, 6.45) is 101. The molecule has 89 heavy (non-hydrogen) atoms. The lowest BCUT2D eigenvalue weighted by atomic mass is 10.0. The van der Waals surface area contributed by atoms with Gasteiger partial charge in [0.05, 0.1) is 39.9 Å². The number of rotatable bonds is 71. The minimum absolute atomic E-state index is 0.0563. The molecule has 0 aliphatic rings. The summed E-state index contributed by atoms with van der Waals surface area (Å²) in [4.78, 5) is 23.5. The lowest BCUT2D eigenvalue weighted by Gasteiger charge is -2.25. The normalized spacial score (nSPS) is 14.0. The van der Waals surface area contributed by atoms with Crippen molar-refractivity contribution in [1.82, 2.24) is 5.32 Å². The van der Waals surface area contributed by atoms with Crippen LogP contribution in [-0.2, 0) is 18.4 Å². The summed E-state index contributed by atoms with van der Waals surface area (Å²) in [5.41, 5.74) is 0. The Hall–Kier alpha value is -2.32. The molecule has 3 atom stereocenters. The highest BCUT2D eigenvalue weighted by atomic mass is 31.2. The topological polar surface area (TPSA) is 105 Å². The summed E-state index contributed by atoms with van der Waals surface area (Å²) >= 11 is 0. The average Bonchev–Trinajstić information content (AvgIpc) is 3.61. The number of phosphoric acid groups is 1. The van der Waals surface area contributed by atoms with Crippen molar-refractivity contribution in [3.8, 4) is 0 Å². The third-order valence-electron chi connectivity index (χ3n) is 17.3. The molecule has 0 heterocycles. The number of quaternary nitrogens is 1. The lowest BCUT2D eigenvalue weighted by Crippen LogP contribution is -2.45. The summed E-state index contributed by atoms with van der Waals surface area (Å²) in [7, 11) is 1.57. The third kappa shape index (κ3) is 73.0. The second-order valence-electron chi connectivity index (χ2n) is 27.3. The fraction of sp³-hybridized carbons (Fsp3) is 0.812. The van der Waals surface area contributed by atoms with Gasteiger partial charge in [0.2, 0.25) is 5.91 Å². The van der Waals surface area contributed by atoms with Crippen LogP contribution in [0.25, 0.3) is 0 Å². The molecule has 0 aromatic carbocycles. The number of nitrogens with zero attached hydrogens (tertiary/aromatic N) is 1. The molecular formula is C80H150N2O6P+. The summed E-state index contributed by atoms with van der Waals surface area (Å²) in [6.45, 7) is 4.73. The summed E-state index contributed by atoms with van der Waals surface area (Å²) in [5, 5.41) is 14.0. The molecule has 1 amide bonds. The summed E-state index contributed by atoms with van der Waals surface area (Å²) < 4.78 is 23.8. The van der Waals surface area contributed by atoms with Gasteiger partial charge in [0.25, 0.3) is 0 Å². The maximum atomic E-state index is 13.1. The molecule has 0 aliphatic heterocycles. The van der Waals surface area contributed by atoms with Crippen LogP contribution in [0.2, 0.25) is 0 Å². The van der Waals surface area contributed by atoms with E-state index >= 15 is 0 Å². The van der Waals surface area contributed by atoms with E-state index < -0.39 is 20.0 Å². The van der Waals surface area contributed by atoms with E-state index in [2.05, 4.69) is 92.1 Å². The van der Waals surface area contributed by atoms with E-state index in [-0.39, 0.29) is 19.1 Å². The van der Waals surface area contributed by atoms with Gasteiger partial charge >= 0.3 is 7.82 Å². The van der Waals surface area contributed by atoms with Crippen molar-refractivity contribution in [3.63, 3.8) is 0 Å². The summed E-state index contributed by atoms with van der Waals surface area (Å²) in [5.74, 6) is -0.181. The number of amides is 1. The van der Waals surface area contributed by atoms with Crippen LogP contribution in [0, 0.1) is 0 Å². The van der Waals surface area contributed by atoms with Crippen molar-refractivity contribution in [1.29, 1.82) is 0 Å². The summed E-state index contributed by atoms with van der Waals surface area (Å²) in [6, 6.07) is -0.866. The van der Waals surface area contributed by atoms with Gasteiger partial charge in [-0.15, -0.1) is 0 Å². The van der Waals surface area contributed by atoms with Gasteiger partial charge in [-0.25, -0.2) is 4.57 Å². The Labute approximate surface area is 554 Å². The molecule has 0 saturated carbocycles. The van der Waals surface area contributed by atoms with E-state index in [1.165, 1.54) is 276 Å². The Morgan fingerprint density at radius 1 is 0.393 bits per heavy atom. The average molecular weight is 1270 g/mol. The van der Waals surface area contributed by atoms with Crippen LogP contribution < -0.4 is 5.32 Å². The third-order valence-corrected chi connectivity index (χ3v) is 18.3. The molecule has 3 unspecified atom stereocenters. The number of carbonyl (C=O) groups is 1. The SMILES string of the molecule is CC/C=C\C/C=C\C/C=C\C/C=C\C/C=C\CCCCCCCCCCCCCCCCCCCCCCCCCCCC(=O)NC(COP(=O)(O)OCC[N+](C)(C)C)C(O)/C=C/CC/C=C/CCCCCCCCCCCCCCCCCCCCCC. The number of carbonyl (C=O) groups excluding carboxylic acids is 1.